The summed E-state index contributed by atoms with van der Waals surface area (Å²) in [5.74, 6) is 0.335. The zero-order chi connectivity index (χ0) is 15.2. The molecule has 110 valence electrons. The first kappa shape index (κ1) is 15.7. The van der Waals surface area contributed by atoms with Crippen LogP contribution in [-0.2, 0) is 0 Å². The summed E-state index contributed by atoms with van der Waals surface area (Å²) in [6.07, 6.45) is 0.995. The molecule has 7 heteroatoms. The van der Waals surface area contributed by atoms with Gasteiger partial charge in [0, 0.05) is 16.7 Å². The van der Waals surface area contributed by atoms with Crippen LogP contribution < -0.4 is 10.6 Å². The van der Waals surface area contributed by atoms with E-state index in [-0.39, 0.29) is 11.6 Å². The molecular weight excluding hydrogens is 356 g/mol. The summed E-state index contributed by atoms with van der Waals surface area (Å²) in [4.78, 5) is 12.1. The molecule has 0 unspecified atom stereocenters. The van der Waals surface area contributed by atoms with E-state index in [9.17, 15) is 4.79 Å². The largest absolute Gasteiger partial charge is 0.369 e. The zero-order valence-corrected chi connectivity index (χ0v) is 13.7. The van der Waals surface area contributed by atoms with Gasteiger partial charge in [0.2, 0.25) is 0 Å². The van der Waals surface area contributed by atoms with Crippen LogP contribution in [0.3, 0.4) is 0 Å². The fourth-order valence-electron chi connectivity index (χ4n) is 1.57. The second-order valence-electron chi connectivity index (χ2n) is 4.31. The fraction of sp³-hybridized carbons (Fsp3) is 0.214. The van der Waals surface area contributed by atoms with E-state index in [2.05, 4.69) is 43.7 Å². The Hall–Kier alpha value is -1.66. The van der Waals surface area contributed by atoms with Gasteiger partial charge in [-0.1, -0.05) is 18.5 Å². The molecule has 2 N–H and O–H groups in total. The van der Waals surface area contributed by atoms with Gasteiger partial charge in [-0.2, -0.15) is 0 Å². The van der Waals surface area contributed by atoms with Crippen LogP contribution in [-0.4, -0.2) is 22.6 Å². The number of halogens is 2. The molecule has 0 fully saturated rings. The molecule has 5 nitrogen and oxygen atoms in total. The van der Waals surface area contributed by atoms with Crippen molar-refractivity contribution in [3.63, 3.8) is 0 Å². The molecule has 21 heavy (non-hydrogen) atoms. The normalized spacial score (nSPS) is 10.2. The maximum Gasteiger partial charge on any atom is 0.276 e. The monoisotopic (exact) mass is 368 g/mol. The van der Waals surface area contributed by atoms with Gasteiger partial charge in [-0.25, -0.2) is 0 Å². The second-order valence-corrected chi connectivity index (χ2v) is 5.58. The molecule has 0 aliphatic rings. The SMILES string of the molecule is CCCNc1ccc(C(=O)Nc2ccc(Cl)c(Br)c2)nn1. The Kier molecular flexibility index (Phi) is 5.52. The van der Waals surface area contributed by atoms with Crippen LogP contribution >= 0.6 is 27.5 Å². The maximum absolute atomic E-state index is 12.1. The van der Waals surface area contributed by atoms with Crippen molar-refractivity contribution < 1.29 is 4.79 Å². The molecule has 2 aromatic rings. The van der Waals surface area contributed by atoms with Gasteiger partial charge in [-0.05, 0) is 52.7 Å². The number of carbonyl (C=O) groups is 1. The van der Waals surface area contributed by atoms with Crippen molar-refractivity contribution in [3.8, 4) is 0 Å². The van der Waals surface area contributed by atoms with Crippen LogP contribution in [0.4, 0.5) is 11.5 Å². The van der Waals surface area contributed by atoms with Crippen LogP contribution in [0.15, 0.2) is 34.8 Å². The van der Waals surface area contributed by atoms with Gasteiger partial charge in [-0.3, -0.25) is 4.79 Å². The highest BCUT2D eigenvalue weighted by atomic mass is 79.9. The Bertz CT molecular complexity index is 633. The third-order valence-electron chi connectivity index (χ3n) is 2.63. The lowest BCUT2D eigenvalue weighted by molar-refractivity contribution is 0.102. The number of nitrogens with zero attached hydrogens (tertiary/aromatic N) is 2. The zero-order valence-electron chi connectivity index (χ0n) is 11.4. The quantitative estimate of drug-likeness (QED) is 0.837. The summed E-state index contributed by atoms with van der Waals surface area (Å²) in [6, 6.07) is 8.51. The highest BCUT2D eigenvalue weighted by Crippen LogP contribution is 2.25. The lowest BCUT2D eigenvalue weighted by atomic mass is 10.3. The average molecular weight is 370 g/mol. The minimum atomic E-state index is -0.321. The molecule has 0 radical (unpaired) electrons. The van der Waals surface area contributed by atoms with Crippen LogP contribution in [0.25, 0.3) is 0 Å². The predicted octanol–water partition coefficient (Wildman–Crippen LogP) is 3.97. The third kappa shape index (κ3) is 4.41. The van der Waals surface area contributed by atoms with E-state index in [0.717, 1.165) is 13.0 Å². The minimum absolute atomic E-state index is 0.253. The summed E-state index contributed by atoms with van der Waals surface area (Å²) in [6.45, 7) is 2.88. The van der Waals surface area contributed by atoms with Gasteiger partial charge >= 0.3 is 0 Å². The lowest BCUT2D eigenvalue weighted by Gasteiger charge is -2.06. The smallest absolute Gasteiger partial charge is 0.276 e. The first-order chi connectivity index (χ1) is 10.1. The van der Waals surface area contributed by atoms with E-state index in [1.165, 1.54) is 0 Å². The number of hydrogen-bond acceptors (Lipinski definition) is 4. The maximum atomic E-state index is 12.1. The average Bonchev–Trinajstić information content (AvgIpc) is 2.49. The molecule has 1 amide bonds. The Morgan fingerprint density at radius 1 is 1.29 bits per heavy atom. The van der Waals surface area contributed by atoms with E-state index in [4.69, 9.17) is 11.6 Å². The van der Waals surface area contributed by atoms with Crippen molar-refractivity contribution in [2.24, 2.45) is 0 Å². The molecular formula is C14H14BrClN4O. The van der Waals surface area contributed by atoms with E-state index in [1.807, 2.05) is 0 Å². The number of rotatable bonds is 5. The van der Waals surface area contributed by atoms with Gasteiger partial charge in [0.05, 0.1) is 5.02 Å². The first-order valence-corrected chi connectivity index (χ1v) is 7.61. The summed E-state index contributed by atoms with van der Waals surface area (Å²) >= 11 is 9.21. The molecule has 1 heterocycles. The van der Waals surface area contributed by atoms with E-state index in [1.54, 1.807) is 30.3 Å². The number of anilines is 2. The van der Waals surface area contributed by atoms with Crippen LogP contribution in [0.5, 0.6) is 0 Å². The molecule has 1 aromatic carbocycles. The summed E-state index contributed by atoms with van der Waals surface area (Å²) < 4.78 is 0.715. The topological polar surface area (TPSA) is 66.9 Å². The Labute approximate surface area is 136 Å². The van der Waals surface area contributed by atoms with Gasteiger partial charge < -0.3 is 10.6 Å². The molecule has 2 rings (SSSR count). The lowest BCUT2D eigenvalue weighted by Crippen LogP contribution is -2.15. The number of benzene rings is 1. The van der Waals surface area contributed by atoms with Crippen molar-refractivity contribution in [1.82, 2.24) is 10.2 Å². The number of aromatic nitrogens is 2. The Morgan fingerprint density at radius 3 is 2.71 bits per heavy atom. The van der Waals surface area contributed by atoms with Crippen LogP contribution in [0, 0.1) is 0 Å². The third-order valence-corrected chi connectivity index (χ3v) is 3.84. The number of amides is 1. The first-order valence-electron chi connectivity index (χ1n) is 6.44. The molecule has 1 aromatic heterocycles. The standard InChI is InChI=1S/C14H14BrClN4O/c1-2-7-17-13-6-5-12(19-20-13)14(21)18-9-3-4-11(16)10(15)8-9/h3-6,8H,2,7H2,1H3,(H,17,20)(H,18,21). The fourth-order valence-corrected chi connectivity index (χ4v) is 2.07. The molecule has 0 aliphatic heterocycles. The molecule has 0 saturated carbocycles. The summed E-state index contributed by atoms with van der Waals surface area (Å²) in [7, 11) is 0. The Balaban J connectivity index is 2.04. The van der Waals surface area contributed by atoms with Gasteiger partial charge in [0.15, 0.2) is 5.69 Å². The molecule has 0 atom stereocenters. The summed E-state index contributed by atoms with van der Waals surface area (Å²) in [5.41, 5.74) is 0.884. The van der Waals surface area contributed by atoms with Crippen molar-refractivity contribution in [2.75, 3.05) is 17.2 Å². The van der Waals surface area contributed by atoms with Gasteiger partial charge in [0.25, 0.3) is 5.91 Å². The number of carbonyl (C=O) groups excluding carboxylic acids is 1. The number of nitrogens with one attached hydrogen (secondary N) is 2. The Morgan fingerprint density at radius 2 is 2.10 bits per heavy atom. The van der Waals surface area contributed by atoms with Gasteiger partial charge in [-0.15, -0.1) is 10.2 Å². The van der Waals surface area contributed by atoms with Gasteiger partial charge in [0.1, 0.15) is 5.82 Å². The minimum Gasteiger partial charge on any atom is -0.369 e. The van der Waals surface area contributed by atoms with Crippen molar-refractivity contribution >= 4 is 44.9 Å². The van der Waals surface area contributed by atoms with Crippen LogP contribution in [0.2, 0.25) is 5.02 Å². The van der Waals surface area contributed by atoms with Crippen molar-refractivity contribution in [1.29, 1.82) is 0 Å². The van der Waals surface area contributed by atoms with E-state index >= 15 is 0 Å². The predicted molar refractivity (Wildman–Crippen MR) is 87.9 cm³/mol. The summed E-state index contributed by atoms with van der Waals surface area (Å²) in [5, 5.41) is 14.3. The van der Waals surface area contributed by atoms with E-state index in [0.29, 0.717) is 21.0 Å². The second kappa shape index (κ2) is 7.38. The van der Waals surface area contributed by atoms with Crippen LogP contribution in [0.1, 0.15) is 23.8 Å². The highest BCUT2D eigenvalue weighted by Gasteiger charge is 2.09. The van der Waals surface area contributed by atoms with Crippen molar-refractivity contribution in [3.05, 3.63) is 45.5 Å². The highest BCUT2D eigenvalue weighted by molar-refractivity contribution is 9.10. The van der Waals surface area contributed by atoms with E-state index < -0.39 is 0 Å². The number of hydrogen-bond donors (Lipinski definition) is 2. The molecule has 0 bridgehead atoms. The van der Waals surface area contributed by atoms with Crippen molar-refractivity contribution in [2.45, 2.75) is 13.3 Å². The molecule has 0 spiro atoms. The molecule has 0 aliphatic carbocycles. The molecule has 0 saturated heterocycles.